The van der Waals surface area contributed by atoms with E-state index in [9.17, 15) is 4.79 Å². The van der Waals surface area contributed by atoms with Gasteiger partial charge < -0.3 is 5.11 Å². The second-order valence-corrected chi connectivity index (χ2v) is 4.39. The molecule has 0 aliphatic carbocycles. The van der Waals surface area contributed by atoms with E-state index in [2.05, 4.69) is 5.10 Å². The first kappa shape index (κ1) is 12.6. The van der Waals surface area contributed by atoms with Crippen molar-refractivity contribution in [2.75, 3.05) is 0 Å². The lowest BCUT2D eigenvalue weighted by Gasteiger charge is -2.05. The van der Waals surface area contributed by atoms with E-state index in [-0.39, 0.29) is 5.69 Å². The molecule has 5 heteroatoms. The topological polar surface area (TPSA) is 55.1 Å². The molecule has 0 atom stereocenters. The number of aromatic nitrogens is 2. The van der Waals surface area contributed by atoms with Crippen molar-refractivity contribution in [3.05, 3.63) is 41.0 Å². The Labute approximate surface area is 110 Å². The molecule has 0 unspecified atom stereocenters. The number of hydrogen-bond acceptors (Lipinski definition) is 2. The monoisotopic (exact) mass is 264 g/mol. The van der Waals surface area contributed by atoms with Gasteiger partial charge in [-0.1, -0.05) is 30.7 Å². The Morgan fingerprint density at radius 3 is 2.61 bits per heavy atom. The van der Waals surface area contributed by atoms with Gasteiger partial charge in [0.05, 0.1) is 5.69 Å². The molecule has 0 saturated heterocycles. The van der Waals surface area contributed by atoms with Crippen LogP contribution in [0.2, 0.25) is 5.02 Å². The minimum Gasteiger partial charge on any atom is -0.476 e. The van der Waals surface area contributed by atoms with E-state index >= 15 is 0 Å². The number of carboxylic acid groups (broad SMARTS) is 1. The van der Waals surface area contributed by atoms with E-state index in [0.29, 0.717) is 11.6 Å². The standard InChI is InChI=1S/C13H13ClN2O2/c1-2-7-16-12(8-11(15-16)13(17)18)9-3-5-10(14)6-4-9/h3-6,8H,2,7H2,1H3,(H,17,18). The van der Waals surface area contributed by atoms with Gasteiger partial charge in [-0.15, -0.1) is 0 Å². The maximum Gasteiger partial charge on any atom is 0.356 e. The molecule has 4 nitrogen and oxygen atoms in total. The second kappa shape index (κ2) is 5.23. The van der Waals surface area contributed by atoms with Gasteiger partial charge in [-0.3, -0.25) is 4.68 Å². The zero-order valence-corrected chi connectivity index (χ0v) is 10.7. The van der Waals surface area contributed by atoms with Gasteiger partial charge in [-0.05, 0) is 30.2 Å². The molecule has 18 heavy (non-hydrogen) atoms. The van der Waals surface area contributed by atoms with Gasteiger partial charge in [0, 0.05) is 11.6 Å². The van der Waals surface area contributed by atoms with E-state index in [0.717, 1.165) is 17.7 Å². The summed E-state index contributed by atoms with van der Waals surface area (Å²) in [7, 11) is 0. The van der Waals surface area contributed by atoms with Crippen LogP contribution in [0.5, 0.6) is 0 Å². The van der Waals surface area contributed by atoms with E-state index in [4.69, 9.17) is 16.7 Å². The Hall–Kier alpha value is -1.81. The van der Waals surface area contributed by atoms with Crippen molar-refractivity contribution in [2.45, 2.75) is 19.9 Å². The maximum absolute atomic E-state index is 11.0. The first-order chi connectivity index (χ1) is 8.61. The predicted octanol–water partition coefficient (Wildman–Crippen LogP) is 3.31. The molecule has 1 aromatic carbocycles. The quantitative estimate of drug-likeness (QED) is 0.922. The van der Waals surface area contributed by atoms with Crippen LogP contribution in [0, 0.1) is 0 Å². The number of carbonyl (C=O) groups is 1. The normalized spacial score (nSPS) is 10.6. The number of benzene rings is 1. The van der Waals surface area contributed by atoms with Crippen LogP contribution in [0.25, 0.3) is 11.3 Å². The molecular weight excluding hydrogens is 252 g/mol. The number of nitrogens with zero attached hydrogens (tertiary/aromatic N) is 2. The highest BCUT2D eigenvalue weighted by Crippen LogP contribution is 2.23. The number of aryl methyl sites for hydroxylation is 1. The highest BCUT2D eigenvalue weighted by atomic mass is 35.5. The average molecular weight is 265 g/mol. The summed E-state index contributed by atoms with van der Waals surface area (Å²) in [6.45, 7) is 2.71. The lowest BCUT2D eigenvalue weighted by molar-refractivity contribution is 0.0689. The van der Waals surface area contributed by atoms with Crippen molar-refractivity contribution >= 4 is 17.6 Å². The van der Waals surface area contributed by atoms with Gasteiger partial charge in [0.1, 0.15) is 0 Å². The fourth-order valence-corrected chi connectivity index (χ4v) is 1.88. The second-order valence-electron chi connectivity index (χ2n) is 3.95. The molecule has 1 heterocycles. The lowest BCUT2D eigenvalue weighted by atomic mass is 10.1. The maximum atomic E-state index is 11.0. The summed E-state index contributed by atoms with van der Waals surface area (Å²) in [5.41, 5.74) is 1.77. The van der Waals surface area contributed by atoms with Gasteiger partial charge in [0.2, 0.25) is 0 Å². The van der Waals surface area contributed by atoms with Gasteiger partial charge >= 0.3 is 5.97 Å². The van der Waals surface area contributed by atoms with Crippen molar-refractivity contribution in [3.8, 4) is 11.3 Å². The first-order valence-electron chi connectivity index (χ1n) is 5.69. The molecule has 2 rings (SSSR count). The molecule has 0 fully saturated rings. The van der Waals surface area contributed by atoms with Crippen LogP contribution >= 0.6 is 11.6 Å². The van der Waals surface area contributed by atoms with Crippen molar-refractivity contribution in [3.63, 3.8) is 0 Å². The SMILES string of the molecule is CCCn1nc(C(=O)O)cc1-c1ccc(Cl)cc1. The summed E-state index contributed by atoms with van der Waals surface area (Å²) in [5.74, 6) is -1.01. The molecule has 0 amide bonds. The van der Waals surface area contributed by atoms with Crippen LogP contribution in [-0.4, -0.2) is 20.9 Å². The molecule has 0 saturated carbocycles. The zero-order valence-electron chi connectivity index (χ0n) is 9.93. The molecule has 0 aliphatic heterocycles. The summed E-state index contributed by atoms with van der Waals surface area (Å²) in [5, 5.41) is 13.7. The van der Waals surface area contributed by atoms with Gasteiger partial charge in [-0.2, -0.15) is 5.10 Å². The Morgan fingerprint density at radius 2 is 2.06 bits per heavy atom. The molecule has 1 N–H and O–H groups in total. The number of halogens is 1. The highest BCUT2D eigenvalue weighted by Gasteiger charge is 2.13. The van der Waals surface area contributed by atoms with Gasteiger partial charge in [0.25, 0.3) is 0 Å². The minimum absolute atomic E-state index is 0.0633. The largest absolute Gasteiger partial charge is 0.476 e. The molecule has 1 aromatic heterocycles. The van der Waals surface area contributed by atoms with Crippen molar-refractivity contribution in [1.82, 2.24) is 9.78 Å². The lowest BCUT2D eigenvalue weighted by Crippen LogP contribution is -2.03. The number of aromatic carboxylic acids is 1. The summed E-state index contributed by atoms with van der Waals surface area (Å²) >= 11 is 5.84. The van der Waals surface area contributed by atoms with Crippen LogP contribution in [0.1, 0.15) is 23.8 Å². The minimum atomic E-state index is -1.01. The molecule has 0 spiro atoms. The van der Waals surface area contributed by atoms with Crippen molar-refractivity contribution in [2.24, 2.45) is 0 Å². The molecule has 0 aliphatic rings. The van der Waals surface area contributed by atoms with Crippen LogP contribution in [0.4, 0.5) is 0 Å². The van der Waals surface area contributed by atoms with Gasteiger partial charge in [-0.25, -0.2) is 4.79 Å². The van der Waals surface area contributed by atoms with Crippen LogP contribution < -0.4 is 0 Å². The van der Waals surface area contributed by atoms with Crippen molar-refractivity contribution < 1.29 is 9.90 Å². The number of carboxylic acids is 1. The predicted molar refractivity (Wildman–Crippen MR) is 69.9 cm³/mol. The Bertz CT molecular complexity index is 561. The van der Waals surface area contributed by atoms with Crippen LogP contribution in [-0.2, 0) is 6.54 Å². The first-order valence-corrected chi connectivity index (χ1v) is 6.06. The Morgan fingerprint density at radius 1 is 1.39 bits per heavy atom. The molecule has 0 radical (unpaired) electrons. The van der Waals surface area contributed by atoms with E-state index in [1.165, 1.54) is 0 Å². The van der Waals surface area contributed by atoms with Crippen LogP contribution in [0.15, 0.2) is 30.3 Å². The third-order valence-electron chi connectivity index (χ3n) is 2.57. The van der Waals surface area contributed by atoms with E-state index in [1.54, 1.807) is 22.9 Å². The van der Waals surface area contributed by atoms with E-state index in [1.807, 2.05) is 19.1 Å². The number of rotatable bonds is 4. The fraction of sp³-hybridized carbons (Fsp3) is 0.231. The fourth-order valence-electron chi connectivity index (χ4n) is 1.76. The molecule has 2 aromatic rings. The van der Waals surface area contributed by atoms with E-state index < -0.39 is 5.97 Å². The Kier molecular flexibility index (Phi) is 3.67. The third kappa shape index (κ3) is 2.54. The smallest absolute Gasteiger partial charge is 0.356 e. The molecule has 94 valence electrons. The van der Waals surface area contributed by atoms with Crippen molar-refractivity contribution in [1.29, 1.82) is 0 Å². The zero-order chi connectivity index (χ0) is 13.1. The summed E-state index contributed by atoms with van der Waals surface area (Å²) in [6, 6.07) is 8.86. The summed E-state index contributed by atoms with van der Waals surface area (Å²) in [6.07, 6.45) is 0.890. The Balaban J connectivity index is 2.47. The highest BCUT2D eigenvalue weighted by molar-refractivity contribution is 6.30. The molecule has 0 bridgehead atoms. The average Bonchev–Trinajstić information content (AvgIpc) is 2.75. The summed E-state index contributed by atoms with van der Waals surface area (Å²) < 4.78 is 1.71. The third-order valence-corrected chi connectivity index (χ3v) is 2.83. The summed E-state index contributed by atoms with van der Waals surface area (Å²) in [4.78, 5) is 11.0. The van der Waals surface area contributed by atoms with Gasteiger partial charge in [0.15, 0.2) is 5.69 Å². The number of hydrogen-bond donors (Lipinski definition) is 1. The van der Waals surface area contributed by atoms with Crippen LogP contribution in [0.3, 0.4) is 0 Å². The molecular formula is C13H13ClN2O2.